The number of unbranched alkanes of at least 4 members (excludes halogenated alkanes) is 5. The van der Waals surface area contributed by atoms with Crippen molar-refractivity contribution in [1.29, 1.82) is 0 Å². The Kier molecular flexibility index (Phi) is 4.24. The van der Waals surface area contributed by atoms with E-state index >= 15 is 0 Å². The van der Waals surface area contributed by atoms with Gasteiger partial charge in [-0.3, -0.25) is 0 Å². The summed E-state index contributed by atoms with van der Waals surface area (Å²) < 4.78 is 0. The maximum Gasteiger partial charge on any atom is 0.0677 e. The van der Waals surface area contributed by atoms with E-state index in [-0.39, 0.29) is 5.60 Å². The number of aliphatic hydroxyl groups is 1. The van der Waals surface area contributed by atoms with Crippen molar-refractivity contribution in [2.24, 2.45) is 5.92 Å². The van der Waals surface area contributed by atoms with Crippen LogP contribution in [-0.4, -0.2) is 10.7 Å². The van der Waals surface area contributed by atoms with E-state index in [1.54, 1.807) is 0 Å². The van der Waals surface area contributed by atoms with Crippen molar-refractivity contribution in [2.45, 2.75) is 70.8 Å². The van der Waals surface area contributed by atoms with Gasteiger partial charge in [-0.15, -0.1) is 0 Å². The van der Waals surface area contributed by atoms with Gasteiger partial charge >= 0.3 is 0 Å². The lowest BCUT2D eigenvalue weighted by Crippen LogP contribution is -2.09. The maximum absolute atomic E-state index is 9.80. The SMILES string of the molecule is CCCCCCCCC1(O)CC1C. The van der Waals surface area contributed by atoms with Crippen molar-refractivity contribution in [2.75, 3.05) is 0 Å². The minimum absolute atomic E-state index is 0.245. The molecule has 1 aliphatic rings. The molecule has 0 aromatic rings. The second-order valence-electron chi connectivity index (χ2n) is 4.73. The lowest BCUT2D eigenvalue weighted by molar-refractivity contribution is 0.120. The van der Waals surface area contributed by atoms with Crippen LogP contribution in [0.15, 0.2) is 0 Å². The summed E-state index contributed by atoms with van der Waals surface area (Å²) in [5.74, 6) is 0.572. The molecule has 78 valence electrons. The minimum atomic E-state index is -0.245. The van der Waals surface area contributed by atoms with Gasteiger partial charge in [0.2, 0.25) is 0 Å². The van der Waals surface area contributed by atoms with Gasteiger partial charge in [0.25, 0.3) is 0 Å². The zero-order valence-corrected chi connectivity index (χ0v) is 9.18. The Morgan fingerprint density at radius 1 is 1.15 bits per heavy atom. The molecule has 0 saturated heterocycles. The molecule has 0 amide bonds. The molecule has 0 bridgehead atoms. The van der Waals surface area contributed by atoms with Gasteiger partial charge in [0.05, 0.1) is 5.60 Å². The van der Waals surface area contributed by atoms with Crippen LogP contribution in [0.1, 0.15) is 65.2 Å². The highest BCUT2D eigenvalue weighted by Crippen LogP contribution is 2.46. The second-order valence-corrected chi connectivity index (χ2v) is 4.73. The summed E-state index contributed by atoms with van der Waals surface area (Å²) in [6.07, 6.45) is 10.1. The summed E-state index contributed by atoms with van der Waals surface area (Å²) in [6.45, 7) is 4.39. The molecule has 1 heteroatoms. The number of hydrogen-bond acceptors (Lipinski definition) is 1. The monoisotopic (exact) mass is 184 g/mol. The Labute approximate surface area is 82.5 Å². The fraction of sp³-hybridized carbons (Fsp3) is 1.00. The van der Waals surface area contributed by atoms with Gasteiger partial charge in [0, 0.05) is 0 Å². The molecule has 1 rings (SSSR count). The van der Waals surface area contributed by atoms with Crippen LogP contribution in [-0.2, 0) is 0 Å². The molecular formula is C12H24O. The third kappa shape index (κ3) is 3.68. The largest absolute Gasteiger partial charge is 0.390 e. The van der Waals surface area contributed by atoms with Crippen molar-refractivity contribution in [3.8, 4) is 0 Å². The van der Waals surface area contributed by atoms with Gasteiger partial charge in [-0.25, -0.2) is 0 Å². The van der Waals surface area contributed by atoms with Crippen molar-refractivity contribution >= 4 is 0 Å². The average molecular weight is 184 g/mol. The van der Waals surface area contributed by atoms with Crippen LogP contribution < -0.4 is 0 Å². The van der Waals surface area contributed by atoms with E-state index in [4.69, 9.17) is 0 Å². The van der Waals surface area contributed by atoms with Gasteiger partial charge in [0.15, 0.2) is 0 Å². The summed E-state index contributed by atoms with van der Waals surface area (Å²) in [7, 11) is 0. The Hall–Kier alpha value is -0.0400. The van der Waals surface area contributed by atoms with Crippen molar-refractivity contribution in [1.82, 2.24) is 0 Å². The fourth-order valence-electron chi connectivity index (χ4n) is 2.03. The van der Waals surface area contributed by atoms with Crippen LogP contribution in [0.25, 0.3) is 0 Å². The third-order valence-corrected chi connectivity index (χ3v) is 3.38. The van der Waals surface area contributed by atoms with E-state index in [9.17, 15) is 5.11 Å². The minimum Gasteiger partial charge on any atom is -0.390 e. The van der Waals surface area contributed by atoms with Gasteiger partial charge < -0.3 is 5.11 Å². The Morgan fingerprint density at radius 2 is 1.69 bits per heavy atom. The predicted molar refractivity (Wildman–Crippen MR) is 56.7 cm³/mol. The van der Waals surface area contributed by atoms with Gasteiger partial charge in [0.1, 0.15) is 0 Å². The zero-order chi connectivity index (χ0) is 9.73. The average Bonchev–Trinajstić information content (AvgIpc) is 2.68. The van der Waals surface area contributed by atoms with Crippen LogP contribution in [0.5, 0.6) is 0 Å². The smallest absolute Gasteiger partial charge is 0.0677 e. The van der Waals surface area contributed by atoms with Crippen LogP contribution in [0, 0.1) is 5.92 Å². The molecule has 1 saturated carbocycles. The van der Waals surface area contributed by atoms with Gasteiger partial charge in [-0.1, -0.05) is 52.4 Å². The first kappa shape index (κ1) is 11.0. The molecule has 1 N–H and O–H groups in total. The molecule has 0 heterocycles. The number of hydrogen-bond donors (Lipinski definition) is 1. The van der Waals surface area contributed by atoms with E-state index in [0.717, 1.165) is 12.8 Å². The molecule has 0 radical (unpaired) electrons. The molecule has 0 aromatic carbocycles. The molecular weight excluding hydrogens is 160 g/mol. The first-order valence-electron chi connectivity index (χ1n) is 5.91. The quantitative estimate of drug-likeness (QED) is 0.600. The van der Waals surface area contributed by atoms with Crippen LogP contribution in [0.4, 0.5) is 0 Å². The van der Waals surface area contributed by atoms with Crippen LogP contribution >= 0.6 is 0 Å². The molecule has 0 aromatic heterocycles. The normalized spacial score (nSPS) is 32.1. The summed E-state index contributed by atoms with van der Waals surface area (Å²) in [5.41, 5.74) is -0.245. The molecule has 0 spiro atoms. The zero-order valence-electron chi connectivity index (χ0n) is 9.18. The third-order valence-electron chi connectivity index (χ3n) is 3.38. The standard InChI is InChI=1S/C12H24O/c1-3-4-5-6-7-8-9-12(13)10-11(12)2/h11,13H,3-10H2,1-2H3. The van der Waals surface area contributed by atoms with Crippen molar-refractivity contribution in [3.63, 3.8) is 0 Å². The highest BCUT2D eigenvalue weighted by molar-refractivity contribution is 5.00. The second kappa shape index (κ2) is 4.99. The van der Waals surface area contributed by atoms with E-state index in [2.05, 4.69) is 13.8 Å². The van der Waals surface area contributed by atoms with Gasteiger partial charge in [-0.05, 0) is 18.8 Å². The van der Waals surface area contributed by atoms with E-state index in [1.165, 1.54) is 38.5 Å². The molecule has 1 aliphatic carbocycles. The van der Waals surface area contributed by atoms with Crippen molar-refractivity contribution in [3.05, 3.63) is 0 Å². The lowest BCUT2D eigenvalue weighted by Gasteiger charge is -2.07. The topological polar surface area (TPSA) is 20.2 Å². The lowest BCUT2D eigenvalue weighted by atomic mass is 10.1. The van der Waals surface area contributed by atoms with Gasteiger partial charge in [-0.2, -0.15) is 0 Å². The summed E-state index contributed by atoms with van der Waals surface area (Å²) >= 11 is 0. The summed E-state index contributed by atoms with van der Waals surface area (Å²) in [5, 5.41) is 9.80. The Morgan fingerprint density at radius 3 is 2.23 bits per heavy atom. The molecule has 13 heavy (non-hydrogen) atoms. The van der Waals surface area contributed by atoms with Crippen molar-refractivity contribution < 1.29 is 5.11 Å². The fourth-order valence-corrected chi connectivity index (χ4v) is 2.03. The van der Waals surface area contributed by atoms with E-state index in [1.807, 2.05) is 0 Å². The van der Waals surface area contributed by atoms with E-state index < -0.39 is 0 Å². The molecule has 1 fully saturated rings. The first-order chi connectivity index (χ1) is 6.19. The molecule has 1 nitrogen and oxygen atoms in total. The highest BCUT2D eigenvalue weighted by Gasteiger charge is 2.48. The number of rotatable bonds is 7. The summed E-state index contributed by atoms with van der Waals surface area (Å²) in [4.78, 5) is 0. The molecule has 2 atom stereocenters. The molecule has 2 unspecified atom stereocenters. The van der Waals surface area contributed by atoms with Crippen LogP contribution in [0.3, 0.4) is 0 Å². The predicted octanol–water partition coefficient (Wildman–Crippen LogP) is 3.51. The highest BCUT2D eigenvalue weighted by atomic mass is 16.3. The first-order valence-corrected chi connectivity index (χ1v) is 5.91. The van der Waals surface area contributed by atoms with E-state index in [0.29, 0.717) is 5.92 Å². The molecule has 0 aliphatic heterocycles. The summed E-state index contributed by atoms with van der Waals surface area (Å²) in [6, 6.07) is 0. The Balaban J connectivity index is 1.85. The Bertz CT molecular complexity index is 144. The maximum atomic E-state index is 9.80. The van der Waals surface area contributed by atoms with Crippen LogP contribution in [0.2, 0.25) is 0 Å².